The number of rotatable bonds is 3. The largest absolute Gasteiger partial charge is 0.0651 e. The first-order valence-electron chi connectivity index (χ1n) is 8.77. The molecule has 0 radical (unpaired) electrons. The van der Waals surface area contributed by atoms with E-state index in [1.165, 1.54) is 32.1 Å². The van der Waals surface area contributed by atoms with Crippen molar-refractivity contribution in [3.63, 3.8) is 0 Å². The highest BCUT2D eigenvalue weighted by Crippen LogP contribution is 2.37. The molecule has 0 amide bonds. The second kappa shape index (κ2) is 9.83. The van der Waals surface area contributed by atoms with Crippen LogP contribution in [0.3, 0.4) is 0 Å². The molecule has 116 valence electrons. The van der Waals surface area contributed by atoms with Gasteiger partial charge in [0.15, 0.2) is 0 Å². The van der Waals surface area contributed by atoms with Crippen LogP contribution >= 0.6 is 0 Å². The Morgan fingerprint density at radius 2 is 1.37 bits per heavy atom. The summed E-state index contributed by atoms with van der Waals surface area (Å²) in [7, 11) is 0. The fourth-order valence-electron chi connectivity index (χ4n) is 4.00. The predicted molar refractivity (Wildman–Crippen MR) is 89.4 cm³/mol. The zero-order valence-electron chi connectivity index (χ0n) is 15.0. The summed E-state index contributed by atoms with van der Waals surface area (Å²) < 4.78 is 0. The molecule has 0 aliphatic heterocycles. The zero-order valence-corrected chi connectivity index (χ0v) is 15.0. The number of hydrogen-bond donors (Lipinski definition) is 0. The molecule has 1 aliphatic rings. The van der Waals surface area contributed by atoms with Crippen molar-refractivity contribution >= 4 is 0 Å². The van der Waals surface area contributed by atoms with E-state index >= 15 is 0 Å². The predicted octanol–water partition coefficient (Wildman–Crippen LogP) is 6.79. The van der Waals surface area contributed by atoms with Crippen LogP contribution in [0.15, 0.2) is 0 Å². The first-order chi connectivity index (χ1) is 8.77. The summed E-state index contributed by atoms with van der Waals surface area (Å²) >= 11 is 0. The van der Waals surface area contributed by atoms with E-state index in [-0.39, 0.29) is 0 Å². The first kappa shape index (κ1) is 19.0. The summed E-state index contributed by atoms with van der Waals surface area (Å²) in [5.74, 6) is 5.64. The molecular formula is C19H40. The second-order valence-corrected chi connectivity index (χ2v) is 7.97. The standard InChI is InChI=1S/C12H24.C7H16/c1-5-12-10(3)7-6-9(2)8-11(12)4;1-6(2)5-7(3)4/h9-12H,5-8H2,1-4H3;6-7H,5H2,1-4H3. The summed E-state index contributed by atoms with van der Waals surface area (Å²) in [5, 5.41) is 0. The molecule has 1 saturated carbocycles. The normalized spacial score (nSPS) is 31.9. The van der Waals surface area contributed by atoms with Gasteiger partial charge >= 0.3 is 0 Å². The lowest BCUT2D eigenvalue weighted by molar-refractivity contribution is 0.246. The molecule has 4 unspecified atom stereocenters. The third-order valence-electron chi connectivity index (χ3n) is 4.76. The van der Waals surface area contributed by atoms with Crippen LogP contribution in [-0.2, 0) is 0 Å². The summed E-state index contributed by atoms with van der Waals surface area (Å²) in [6, 6.07) is 0. The smallest absolute Gasteiger partial charge is 0.0365 e. The van der Waals surface area contributed by atoms with Crippen molar-refractivity contribution in [2.75, 3.05) is 0 Å². The topological polar surface area (TPSA) is 0 Å². The highest BCUT2D eigenvalue weighted by molar-refractivity contribution is 4.77. The van der Waals surface area contributed by atoms with Gasteiger partial charge < -0.3 is 0 Å². The van der Waals surface area contributed by atoms with Crippen LogP contribution in [0, 0.1) is 35.5 Å². The molecule has 1 fully saturated rings. The third kappa shape index (κ3) is 8.71. The maximum Gasteiger partial charge on any atom is -0.0365 e. The van der Waals surface area contributed by atoms with Crippen LogP contribution in [0.1, 0.15) is 87.5 Å². The van der Waals surface area contributed by atoms with E-state index in [9.17, 15) is 0 Å². The highest BCUT2D eigenvalue weighted by Gasteiger charge is 2.26. The number of hydrogen-bond acceptors (Lipinski definition) is 0. The Morgan fingerprint density at radius 1 is 0.842 bits per heavy atom. The minimum absolute atomic E-state index is 0.875. The molecule has 0 spiro atoms. The van der Waals surface area contributed by atoms with E-state index in [0.29, 0.717) is 0 Å². The Morgan fingerprint density at radius 3 is 1.74 bits per heavy atom. The maximum absolute atomic E-state index is 2.45. The molecule has 0 saturated heterocycles. The molecule has 0 aromatic rings. The van der Waals surface area contributed by atoms with Gasteiger partial charge in [0.25, 0.3) is 0 Å². The molecule has 0 N–H and O–H groups in total. The quantitative estimate of drug-likeness (QED) is 0.494. The summed E-state index contributed by atoms with van der Waals surface area (Å²) in [4.78, 5) is 0. The van der Waals surface area contributed by atoms with Gasteiger partial charge in [-0.2, -0.15) is 0 Å². The maximum atomic E-state index is 2.45. The molecule has 0 nitrogen and oxygen atoms in total. The van der Waals surface area contributed by atoms with Gasteiger partial charge in [-0.1, -0.05) is 74.7 Å². The molecule has 0 aromatic carbocycles. The average molecular weight is 269 g/mol. The Balaban J connectivity index is 0.000000399. The Kier molecular flexibility index (Phi) is 9.83. The third-order valence-corrected chi connectivity index (χ3v) is 4.76. The van der Waals surface area contributed by atoms with Crippen molar-refractivity contribution in [3.05, 3.63) is 0 Å². The molecule has 1 rings (SSSR count). The van der Waals surface area contributed by atoms with Crippen molar-refractivity contribution in [2.45, 2.75) is 87.5 Å². The monoisotopic (exact) mass is 268 g/mol. The molecular weight excluding hydrogens is 228 g/mol. The van der Waals surface area contributed by atoms with Gasteiger partial charge in [0.2, 0.25) is 0 Å². The van der Waals surface area contributed by atoms with Gasteiger partial charge in [-0.25, -0.2) is 0 Å². The fourth-order valence-corrected chi connectivity index (χ4v) is 4.00. The van der Waals surface area contributed by atoms with Crippen LogP contribution < -0.4 is 0 Å². The van der Waals surface area contributed by atoms with Gasteiger partial charge in [-0.05, 0) is 48.3 Å². The van der Waals surface area contributed by atoms with Crippen molar-refractivity contribution in [2.24, 2.45) is 35.5 Å². The minimum Gasteiger partial charge on any atom is -0.0651 e. The van der Waals surface area contributed by atoms with E-state index in [1.54, 1.807) is 0 Å². The van der Waals surface area contributed by atoms with E-state index in [1.807, 2.05) is 0 Å². The SMILES string of the molecule is CC(C)CC(C)C.CCC1C(C)CCC(C)CC1C. The Labute approximate surface area is 123 Å². The van der Waals surface area contributed by atoms with Gasteiger partial charge in [-0.3, -0.25) is 0 Å². The van der Waals surface area contributed by atoms with Gasteiger partial charge in [0, 0.05) is 0 Å². The molecule has 0 heteroatoms. The van der Waals surface area contributed by atoms with Gasteiger partial charge in [-0.15, -0.1) is 0 Å². The second-order valence-electron chi connectivity index (χ2n) is 7.97. The summed E-state index contributed by atoms with van der Waals surface area (Å²) in [6.45, 7) is 18.7. The van der Waals surface area contributed by atoms with Gasteiger partial charge in [0.05, 0.1) is 0 Å². The molecule has 0 bridgehead atoms. The average Bonchev–Trinajstić information content (AvgIpc) is 2.37. The lowest BCUT2D eigenvalue weighted by Crippen LogP contribution is -2.17. The lowest BCUT2D eigenvalue weighted by Gasteiger charge is -2.25. The van der Waals surface area contributed by atoms with Crippen molar-refractivity contribution < 1.29 is 0 Å². The summed E-state index contributed by atoms with van der Waals surface area (Å²) in [6.07, 6.45) is 7.13. The zero-order chi connectivity index (χ0) is 15.0. The molecule has 0 aromatic heterocycles. The summed E-state index contributed by atoms with van der Waals surface area (Å²) in [5.41, 5.74) is 0. The van der Waals surface area contributed by atoms with E-state index in [2.05, 4.69) is 55.4 Å². The fraction of sp³-hybridized carbons (Fsp3) is 1.00. The lowest BCUT2D eigenvalue weighted by atomic mass is 9.80. The Bertz CT molecular complexity index is 198. The van der Waals surface area contributed by atoms with Crippen molar-refractivity contribution in [3.8, 4) is 0 Å². The van der Waals surface area contributed by atoms with E-state index < -0.39 is 0 Å². The highest BCUT2D eigenvalue weighted by atomic mass is 14.3. The molecule has 4 atom stereocenters. The van der Waals surface area contributed by atoms with Crippen LogP contribution in [0.2, 0.25) is 0 Å². The van der Waals surface area contributed by atoms with Crippen molar-refractivity contribution in [1.29, 1.82) is 0 Å². The van der Waals surface area contributed by atoms with Crippen LogP contribution in [0.25, 0.3) is 0 Å². The van der Waals surface area contributed by atoms with E-state index in [4.69, 9.17) is 0 Å². The molecule has 1 aliphatic carbocycles. The van der Waals surface area contributed by atoms with Crippen molar-refractivity contribution in [1.82, 2.24) is 0 Å². The van der Waals surface area contributed by atoms with Gasteiger partial charge in [0.1, 0.15) is 0 Å². The minimum atomic E-state index is 0.875. The molecule has 19 heavy (non-hydrogen) atoms. The van der Waals surface area contributed by atoms with Crippen LogP contribution in [0.4, 0.5) is 0 Å². The first-order valence-corrected chi connectivity index (χ1v) is 8.77. The van der Waals surface area contributed by atoms with E-state index in [0.717, 1.165) is 35.5 Å². The Hall–Kier alpha value is 0. The van der Waals surface area contributed by atoms with Crippen LogP contribution in [0.5, 0.6) is 0 Å². The molecule has 0 heterocycles. The van der Waals surface area contributed by atoms with Crippen LogP contribution in [-0.4, -0.2) is 0 Å².